The predicted molar refractivity (Wildman–Crippen MR) is 379 cm³/mol. The van der Waals surface area contributed by atoms with Gasteiger partial charge >= 0.3 is 6.09 Å². The second kappa shape index (κ2) is 41.5. The second-order valence-corrected chi connectivity index (χ2v) is 29.0. The lowest BCUT2D eigenvalue weighted by Crippen LogP contribution is -2.65. The average Bonchev–Trinajstić information content (AvgIpc) is 0.805. The first kappa shape index (κ1) is 88.5. The van der Waals surface area contributed by atoms with Gasteiger partial charge in [-0.25, -0.2) is 4.79 Å². The van der Waals surface area contributed by atoms with Crippen molar-refractivity contribution in [3.05, 3.63) is 65.7 Å². The number of alkyl carbamates (subject to hydrolysis) is 1. The van der Waals surface area contributed by atoms with Crippen LogP contribution in [0.25, 0.3) is 0 Å². The Morgan fingerprint density at radius 2 is 1.15 bits per heavy atom. The molecule has 0 aliphatic carbocycles. The number of benzene rings is 2. The van der Waals surface area contributed by atoms with Crippen LogP contribution in [0.15, 0.2) is 54.6 Å². The van der Waals surface area contributed by atoms with Crippen LogP contribution in [0.4, 0.5) is 4.79 Å². The van der Waals surface area contributed by atoms with Crippen LogP contribution in [0.2, 0.25) is 0 Å². The number of hydrogen-bond donors (Lipinski definition) is 20. The van der Waals surface area contributed by atoms with Crippen LogP contribution in [-0.2, 0) is 68.9 Å². The molecule has 1 fully saturated rings. The van der Waals surface area contributed by atoms with Crippen LogP contribution in [-0.4, -0.2) is 209 Å². The number of carbonyl (C=O) groups excluding carboxylic acids is 13. The molecule has 0 unspecified atom stereocenters. The van der Waals surface area contributed by atoms with Gasteiger partial charge < -0.3 is 110 Å². The molecule has 104 heavy (non-hydrogen) atoms. The highest BCUT2D eigenvalue weighted by atomic mass is 16.5. The van der Waals surface area contributed by atoms with Crippen molar-refractivity contribution < 1.29 is 92.2 Å². The molecule has 2 aromatic carbocycles. The first-order valence-corrected chi connectivity index (χ1v) is 34.4. The molecule has 0 radical (unpaired) electrons. The van der Waals surface area contributed by atoms with E-state index in [1.807, 2.05) is 5.32 Å². The summed E-state index contributed by atoms with van der Waals surface area (Å²) < 4.78 is 10.9. The SMILES string of the molecule is CC[C@H](C)[C@@H]1NC(=O)[C@@H](CCCNC(=N)N)NC(=O)[C@H](CC(C)C)NC(=O)[C@H]([C@H](O)C(C)C)NC(=O)[C@H](NC(=O)[C@H](CC(C)(C)C)NC(=O)[C@@H](CC(C)(C)C)NC(=O)OCc2ccccc2)[C@H](c2ccc(OC)cc2)NC(=O)[C@H](CO)NC(=O)[C@H]([C@H](O)C(N)=O)NC(=O)CNC(=O)[C@H]([C@H](C)O)NC1=O. The molecule has 0 aromatic heterocycles. The zero-order chi connectivity index (χ0) is 78.7. The number of aliphatic hydroxyl groups excluding tert-OH is 4. The summed E-state index contributed by atoms with van der Waals surface area (Å²) in [6.45, 7) is 18.6. The Morgan fingerprint density at radius 3 is 1.68 bits per heavy atom. The largest absolute Gasteiger partial charge is 0.497 e. The van der Waals surface area contributed by atoms with Gasteiger partial charge in [-0.15, -0.1) is 0 Å². The van der Waals surface area contributed by atoms with Gasteiger partial charge in [0.1, 0.15) is 72.8 Å². The number of primary amides is 1. The molecule has 1 aliphatic rings. The third-order valence-electron chi connectivity index (χ3n) is 16.6. The first-order valence-electron chi connectivity index (χ1n) is 34.4. The first-order chi connectivity index (χ1) is 48.5. The van der Waals surface area contributed by atoms with Gasteiger partial charge in [-0.3, -0.25) is 62.9 Å². The van der Waals surface area contributed by atoms with Crippen molar-refractivity contribution in [1.82, 2.24) is 69.1 Å². The molecule has 1 heterocycles. The fourth-order valence-electron chi connectivity index (χ4n) is 10.8. The van der Waals surface area contributed by atoms with Gasteiger partial charge in [0.2, 0.25) is 70.9 Å². The fourth-order valence-corrected chi connectivity index (χ4v) is 10.8. The van der Waals surface area contributed by atoms with Gasteiger partial charge in [-0.2, -0.15) is 0 Å². The van der Waals surface area contributed by atoms with E-state index in [2.05, 4.69) is 63.8 Å². The Bertz CT molecular complexity index is 3270. The van der Waals surface area contributed by atoms with Crippen LogP contribution in [0.1, 0.15) is 146 Å². The summed E-state index contributed by atoms with van der Waals surface area (Å²) in [5.74, 6) is -17.0. The van der Waals surface area contributed by atoms with E-state index < -0.39 is 209 Å². The molecule has 35 heteroatoms. The number of nitrogens with one attached hydrogen (secondary N) is 14. The van der Waals surface area contributed by atoms with Crippen molar-refractivity contribution in [2.24, 2.45) is 40.1 Å². The molecule has 13 amide bonds. The average molecular weight is 1470 g/mol. The minimum atomic E-state index is -2.60. The Kier molecular flexibility index (Phi) is 35.3. The number of carbonyl (C=O) groups is 13. The summed E-state index contributed by atoms with van der Waals surface area (Å²) in [4.78, 5) is 188. The molecule has 1 aliphatic heterocycles. The predicted octanol–water partition coefficient (Wildman–Crippen LogP) is -2.90. The van der Waals surface area contributed by atoms with Crippen LogP contribution in [0.5, 0.6) is 5.75 Å². The molecule has 15 atom stereocenters. The van der Waals surface area contributed by atoms with E-state index in [0.29, 0.717) is 5.56 Å². The van der Waals surface area contributed by atoms with Crippen molar-refractivity contribution in [2.45, 2.75) is 220 Å². The van der Waals surface area contributed by atoms with Crippen LogP contribution < -0.4 is 85.3 Å². The van der Waals surface area contributed by atoms with Gasteiger partial charge in [0.15, 0.2) is 12.1 Å². The van der Waals surface area contributed by atoms with Gasteiger partial charge in [0, 0.05) is 6.54 Å². The normalized spacial score (nSPS) is 23.0. The smallest absolute Gasteiger partial charge is 0.408 e. The van der Waals surface area contributed by atoms with Gasteiger partial charge in [-0.1, -0.05) is 132 Å². The molecule has 580 valence electrons. The number of nitrogens with two attached hydrogens (primary N) is 2. The van der Waals surface area contributed by atoms with Crippen molar-refractivity contribution >= 4 is 82.9 Å². The van der Waals surface area contributed by atoms with Crippen LogP contribution in [0.3, 0.4) is 0 Å². The number of ether oxygens (including phenoxy) is 2. The number of aliphatic hydroxyl groups is 4. The molecule has 0 bridgehead atoms. The topological polar surface area (TPSA) is 554 Å². The fraction of sp³-hybridized carbons (Fsp3) is 0.623. The second-order valence-electron chi connectivity index (χ2n) is 29.0. The molecular formula is C69H110N16O19. The van der Waals surface area contributed by atoms with E-state index in [9.17, 15) is 68.4 Å². The molecule has 35 nitrogen and oxygen atoms in total. The highest BCUT2D eigenvalue weighted by molar-refractivity contribution is 6.01. The van der Waals surface area contributed by atoms with Gasteiger partial charge in [0.05, 0.1) is 38.5 Å². The van der Waals surface area contributed by atoms with Crippen molar-refractivity contribution in [2.75, 3.05) is 26.8 Å². The van der Waals surface area contributed by atoms with E-state index in [4.69, 9.17) is 26.4 Å². The van der Waals surface area contributed by atoms with E-state index in [1.54, 1.807) is 99.6 Å². The van der Waals surface area contributed by atoms with Crippen LogP contribution in [0, 0.1) is 34.0 Å². The Morgan fingerprint density at radius 1 is 0.625 bits per heavy atom. The summed E-state index contributed by atoms with van der Waals surface area (Å²) in [6, 6.07) is -6.32. The number of guanidine groups is 1. The maximum absolute atomic E-state index is 15.8. The van der Waals surface area contributed by atoms with E-state index in [0.717, 1.165) is 6.92 Å². The number of hydrogen-bond acceptors (Lipinski definition) is 20. The quantitative estimate of drug-likeness (QED) is 0.0269. The maximum Gasteiger partial charge on any atom is 0.408 e. The lowest BCUT2D eigenvalue weighted by atomic mass is 9.86. The zero-order valence-electron chi connectivity index (χ0n) is 61.6. The van der Waals surface area contributed by atoms with Crippen LogP contribution >= 0.6 is 0 Å². The summed E-state index contributed by atoms with van der Waals surface area (Å²) in [5.41, 5.74) is 9.99. The summed E-state index contributed by atoms with van der Waals surface area (Å²) in [5, 5.41) is 84.5. The Balaban J connectivity index is 2.48. The van der Waals surface area contributed by atoms with E-state index >= 15 is 14.4 Å². The molecule has 0 spiro atoms. The lowest BCUT2D eigenvalue weighted by molar-refractivity contribution is -0.140. The van der Waals surface area contributed by atoms with E-state index in [1.165, 1.54) is 45.2 Å². The standard InChI is InChI=1S/C69H110N16O19/c1-15-36(6)47-62(98)82-48(37(7)87)61(97)74-31-46(88)80-52(54(90)55(70)91)65(101)78-45(32-86)60(96)83-49(39-23-25-40(103-14)26-24-39)50(84-59(95)43(29-68(8,9)10)77-58(94)44(30-69(11,12)13)79-67(102)104-33-38-20-17-16-18-21-38)63(99)85-51(53(89)35(4)5)64(100)76-42(28-34(2)3)57(93)75-41(56(92)81-47)22-19-27-73-66(71)72/h16-18,20-21,23-26,34-37,41-45,47-54,86-87,89-90H,15,19,22,27-33H2,1-14H3,(H2,70,91)(H,74,97)(H,75,93)(H,76,100)(H,77,94)(H,78,101)(H,79,102)(H,80,88)(H,81,92)(H,82,98)(H,83,96)(H,84,95)(H,85,99)(H4,71,72,73)/t36-,37-,41+,42-,43-,44+,45-,47-,48-,49-,50+,51-,52-,53+,54-/m0/s1. The third-order valence-corrected chi connectivity index (χ3v) is 16.6. The number of methoxy groups -OCH3 is 1. The molecule has 0 saturated carbocycles. The Hall–Kier alpha value is -9.74. The number of amides is 13. The molecule has 2 aromatic rings. The molecule has 3 rings (SSSR count). The minimum absolute atomic E-state index is 0.00464. The summed E-state index contributed by atoms with van der Waals surface area (Å²) in [6.07, 6.45) is -7.51. The maximum atomic E-state index is 15.8. The van der Waals surface area contributed by atoms with Crippen molar-refractivity contribution in [1.29, 1.82) is 5.41 Å². The minimum Gasteiger partial charge on any atom is -0.497 e. The summed E-state index contributed by atoms with van der Waals surface area (Å²) >= 11 is 0. The molecule has 1 saturated heterocycles. The van der Waals surface area contributed by atoms with Crippen molar-refractivity contribution in [3.63, 3.8) is 0 Å². The summed E-state index contributed by atoms with van der Waals surface area (Å²) in [7, 11) is 1.32. The zero-order valence-corrected chi connectivity index (χ0v) is 61.6. The molecule has 22 N–H and O–H groups in total. The van der Waals surface area contributed by atoms with Crippen molar-refractivity contribution in [3.8, 4) is 5.75 Å². The lowest BCUT2D eigenvalue weighted by Gasteiger charge is -2.35. The number of rotatable bonds is 25. The van der Waals surface area contributed by atoms with E-state index in [-0.39, 0.29) is 63.0 Å². The van der Waals surface area contributed by atoms with Gasteiger partial charge in [0.25, 0.3) is 0 Å². The molecular weight excluding hydrogens is 1360 g/mol. The highest BCUT2D eigenvalue weighted by Gasteiger charge is 2.44. The Labute approximate surface area is 605 Å². The monoisotopic (exact) mass is 1470 g/mol. The van der Waals surface area contributed by atoms with Gasteiger partial charge in [-0.05, 0) is 90.9 Å². The highest BCUT2D eigenvalue weighted by Crippen LogP contribution is 2.27. The third kappa shape index (κ3) is 29.5.